The van der Waals surface area contributed by atoms with Gasteiger partial charge in [0.2, 0.25) is 0 Å². The van der Waals surface area contributed by atoms with E-state index in [9.17, 15) is 8.42 Å². The summed E-state index contributed by atoms with van der Waals surface area (Å²) in [7, 11) is -3.54. The smallest absolute Gasteiger partial charge is 0.276 e. The molecule has 0 saturated carbocycles. The molecule has 0 unspecified atom stereocenters. The third-order valence-corrected chi connectivity index (χ3v) is 5.00. The highest BCUT2D eigenvalue weighted by molar-refractivity contribution is 7.86. The molecule has 1 saturated heterocycles. The maximum atomic E-state index is 11.3. The Hall–Kier alpha value is -0.950. The SMILES string of the molecule is Cc1cc(C)c(CN2CCN(S(N)(=O)=O)CC2)c(C)c1. The molecular formula is C14H23N3O2S. The first kappa shape index (κ1) is 15.4. The maximum Gasteiger partial charge on any atom is 0.276 e. The molecule has 6 heteroatoms. The van der Waals surface area contributed by atoms with Gasteiger partial charge >= 0.3 is 0 Å². The van der Waals surface area contributed by atoms with E-state index in [4.69, 9.17) is 5.14 Å². The summed E-state index contributed by atoms with van der Waals surface area (Å²) in [5, 5.41) is 5.15. The number of nitrogens with zero attached hydrogens (tertiary/aromatic N) is 2. The first-order valence-corrected chi connectivity index (χ1v) is 8.34. The zero-order valence-corrected chi connectivity index (χ0v) is 13.2. The van der Waals surface area contributed by atoms with Crippen LogP contribution >= 0.6 is 0 Å². The highest BCUT2D eigenvalue weighted by Gasteiger charge is 2.24. The number of nitrogens with two attached hydrogens (primary N) is 1. The van der Waals surface area contributed by atoms with E-state index in [2.05, 4.69) is 37.8 Å². The Morgan fingerprint density at radius 1 is 1.05 bits per heavy atom. The highest BCUT2D eigenvalue weighted by atomic mass is 32.2. The van der Waals surface area contributed by atoms with Gasteiger partial charge in [0.25, 0.3) is 10.2 Å². The monoisotopic (exact) mass is 297 g/mol. The molecule has 5 nitrogen and oxygen atoms in total. The van der Waals surface area contributed by atoms with Gasteiger partial charge in [-0.3, -0.25) is 4.90 Å². The number of aryl methyl sites for hydroxylation is 3. The van der Waals surface area contributed by atoms with E-state index < -0.39 is 10.2 Å². The normalized spacial score (nSPS) is 18.4. The molecule has 0 bridgehead atoms. The molecule has 0 spiro atoms. The molecule has 0 aliphatic carbocycles. The predicted molar refractivity (Wildman–Crippen MR) is 80.6 cm³/mol. The van der Waals surface area contributed by atoms with E-state index in [0.29, 0.717) is 13.1 Å². The molecule has 1 aliphatic rings. The fourth-order valence-corrected chi connectivity index (χ4v) is 3.50. The van der Waals surface area contributed by atoms with Crippen LogP contribution in [-0.4, -0.2) is 43.8 Å². The van der Waals surface area contributed by atoms with Crippen molar-refractivity contribution in [2.75, 3.05) is 26.2 Å². The van der Waals surface area contributed by atoms with Crippen molar-refractivity contribution in [3.63, 3.8) is 0 Å². The summed E-state index contributed by atoms with van der Waals surface area (Å²) in [6.45, 7) is 9.65. The summed E-state index contributed by atoms with van der Waals surface area (Å²) >= 11 is 0. The van der Waals surface area contributed by atoms with Gasteiger partial charge in [-0.2, -0.15) is 12.7 Å². The van der Waals surface area contributed by atoms with Crippen LogP contribution in [0.15, 0.2) is 12.1 Å². The average Bonchev–Trinajstić information content (AvgIpc) is 2.33. The van der Waals surface area contributed by atoms with Crippen LogP contribution < -0.4 is 5.14 Å². The Morgan fingerprint density at radius 2 is 1.55 bits per heavy atom. The quantitative estimate of drug-likeness (QED) is 0.902. The third-order valence-electron chi connectivity index (χ3n) is 3.91. The van der Waals surface area contributed by atoms with Crippen LogP contribution in [0.2, 0.25) is 0 Å². The summed E-state index contributed by atoms with van der Waals surface area (Å²) in [6, 6.07) is 4.39. The van der Waals surface area contributed by atoms with Gasteiger partial charge in [0.05, 0.1) is 0 Å². The number of rotatable bonds is 3. The first-order valence-electron chi connectivity index (χ1n) is 6.84. The van der Waals surface area contributed by atoms with Crippen molar-refractivity contribution < 1.29 is 8.42 Å². The standard InChI is InChI=1S/C14H23N3O2S/c1-11-8-12(2)14(13(3)9-11)10-16-4-6-17(7-5-16)20(15,18)19/h8-9H,4-7,10H2,1-3H3,(H2,15,18,19). The van der Waals surface area contributed by atoms with Crippen LogP contribution in [0.5, 0.6) is 0 Å². The number of piperazine rings is 1. The fourth-order valence-electron chi connectivity index (χ4n) is 2.83. The Balaban J connectivity index is 2.03. The minimum atomic E-state index is -3.54. The van der Waals surface area contributed by atoms with Gasteiger partial charge in [-0.1, -0.05) is 17.7 Å². The minimum Gasteiger partial charge on any atom is -0.296 e. The van der Waals surface area contributed by atoms with Crippen molar-refractivity contribution in [1.29, 1.82) is 0 Å². The molecule has 0 amide bonds. The van der Waals surface area contributed by atoms with Gasteiger partial charge in [0, 0.05) is 32.7 Å². The van der Waals surface area contributed by atoms with Gasteiger partial charge in [-0.15, -0.1) is 0 Å². The Morgan fingerprint density at radius 3 is 2.00 bits per heavy atom. The zero-order chi connectivity index (χ0) is 14.9. The highest BCUT2D eigenvalue weighted by Crippen LogP contribution is 2.19. The van der Waals surface area contributed by atoms with Gasteiger partial charge in [0.1, 0.15) is 0 Å². The molecule has 1 aromatic carbocycles. The average molecular weight is 297 g/mol. The van der Waals surface area contributed by atoms with Gasteiger partial charge in [0.15, 0.2) is 0 Å². The van der Waals surface area contributed by atoms with Crippen LogP contribution in [0.4, 0.5) is 0 Å². The van der Waals surface area contributed by atoms with Gasteiger partial charge in [-0.05, 0) is 37.5 Å². The van der Waals surface area contributed by atoms with Crippen LogP contribution in [0.3, 0.4) is 0 Å². The molecule has 1 fully saturated rings. The predicted octanol–water partition coefficient (Wildman–Crippen LogP) is 0.933. The summed E-state index contributed by atoms with van der Waals surface area (Å²) in [4.78, 5) is 2.28. The molecule has 112 valence electrons. The van der Waals surface area contributed by atoms with Crippen molar-refractivity contribution in [3.05, 3.63) is 34.4 Å². The molecule has 1 aromatic rings. The Labute approximate surface area is 121 Å². The van der Waals surface area contributed by atoms with Crippen LogP contribution in [0, 0.1) is 20.8 Å². The summed E-state index contributed by atoms with van der Waals surface area (Å²) in [5.74, 6) is 0. The van der Waals surface area contributed by atoms with E-state index >= 15 is 0 Å². The molecular weight excluding hydrogens is 274 g/mol. The number of hydrogen-bond donors (Lipinski definition) is 1. The molecule has 1 aliphatic heterocycles. The molecule has 0 atom stereocenters. The summed E-state index contributed by atoms with van der Waals surface area (Å²) in [5.41, 5.74) is 5.23. The molecule has 0 radical (unpaired) electrons. The van der Waals surface area contributed by atoms with Crippen molar-refractivity contribution >= 4 is 10.2 Å². The molecule has 2 rings (SSSR count). The van der Waals surface area contributed by atoms with E-state index in [-0.39, 0.29) is 0 Å². The van der Waals surface area contributed by atoms with Crippen LogP contribution in [0.1, 0.15) is 22.3 Å². The van der Waals surface area contributed by atoms with Gasteiger partial charge in [-0.25, -0.2) is 5.14 Å². The van der Waals surface area contributed by atoms with Crippen molar-refractivity contribution in [1.82, 2.24) is 9.21 Å². The zero-order valence-electron chi connectivity index (χ0n) is 12.4. The van der Waals surface area contributed by atoms with Crippen molar-refractivity contribution in [2.24, 2.45) is 5.14 Å². The summed E-state index contributed by atoms with van der Waals surface area (Å²) < 4.78 is 23.9. The van der Waals surface area contributed by atoms with Crippen molar-refractivity contribution in [2.45, 2.75) is 27.3 Å². The largest absolute Gasteiger partial charge is 0.296 e. The lowest BCUT2D eigenvalue weighted by Gasteiger charge is -2.33. The van der Waals surface area contributed by atoms with Crippen LogP contribution in [0.25, 0.3) is 0 Å². The lowest BCUT2D eigenvalue weighted by molar-refractivity contribution is 0.181. The first-order chi connectivity index (χ1) is 9.27. The van der Waals surface area contributed by atoms with E-state index in [1.54, 1.807) is 0 Å². The molecule has 0 aromatic heterocycles. The summed E-state index contributed by atoms with van der Waals surface area (Å²) in [6.07, 6.45) is 0. The number of hydrogen-bond acceptors (Lipinski definition) is 3. The third kappa shape index (κ3) is 3.58. The second-order valence-electron chi connectivity index (χ2n) is 5.60. The second kappa shape index (κ2) is 5.81. The second-order valence-corrected chi connectivity index (χ2v) is 7.14. The maximum absolute atomic E-state index is 11.3. The van der Waals surface area contributed by atoms with E-state index in [0.717, 1.165) is 19.6 Å². The topological polar surface area (TPSA) is 66.6 Å². The van der Waals surface area contributed by atoms with E-state index in [1.165, 1.54) is 26.6 Å². The van der Waals surface area contributed by atoms with Crippen molar-refractivity contribution in [3.8, 4) is 0 Å². The molecule has 1 heterocycles. The Kier molecular flexibility index (Phi) is 4.49. The minimum absolute atomic E-state index is 0.475. The molecule has 20 heavy (non-hydrogen) atoms. The molecule has 2 N–H and O–H groups in total. The number of benzene rings is 1. The van der Waals surface area contributed by atoms with Gasteiger partial charge < -0.3 is 0 Å². The van der Waals surface area contributed by atoms with E-state index in [1.807, 2.05) is 0 Å². The lowest BCUT2D eigenvalue weighted by Crippen LogP contribution is -2.50. The fraction of sp³-hybridized carbons (Fsp3) is 0.571. The Bertz CT molecular complexity index is 567. The van der Waals surface area contributed by atoms with Crippen LogP contribution in [-0.2, 0) is 16.8 Å². The lowest BCUT2D eigenvalue weighted by atomic mass is 9.99.